The second kappa shape index (κ2) is 7.79. The third kappa shape index (κ3) is 5.84. The van der Waals surface area contributed by atoms with E-state index in [1.165, 1.54) is 5.56 Å². The van der Waals surface area contributed by atoms with Gasteiger partial charge in [-0.1, -0.05) is 30.3 Å². The van der Waals surface area contributed by atoms with Gasteiger partial charge in [0.25, 0.3) is 0 Å². The Hall–Kier alpha value is -1.59. The van der Waals surface area contributed by atoms with Crippen molar-refractivity contribution in [1.82, 2.24) is 10.2 Å². The topological polar surface area (TPSA) is 61.8 Å². The summed E-state index contributed by atoms with van der Waals surface area (Å²) in [6.45, 7) is 8.05. The van der Waals surface area contributed by atoms with Crippen LogP contribution in [0.3, 0.4) is 0 Å². The normalized spacial score (nSPS) is 22.0. The van der Waals surface area contributed by atoms with Crippen LogP contribution in [0.4, 0.5) is 4.79 Å². The first-order valence-corrected chi connectivity index (χ1v) is 8.26. The van der Waals surface area contributed by atoms with Crippen LogP contribution < -0.4 is 5.32 Å². The second-order valence-corrected chi connectivity index (χ2v) is 7.16. The zero-order valence-corrected chi connectivity index (χ0v) is 14.3. The van der Waals surface area contributed by atoms with Gasteiger partial charge in [0.1, 0.15) is 5.60 Å². The zero-order valence-electron chi connectivity index (χ0n) is 14.3. The molecular weight excluding hydrogens is 292 g/mol. The lowest BCUT2D eigenvalue weighted by molar-refractivity contribution is -0.0124. The molecule has 0 bridgehead atoms. The molecule has 1 fully saturated rings. The van der Waals surface area contributed by atoms with E-state index in [1.807, 2.05) is 39.0 Å². The van der Waals surface area contributed by atoms with Gasteiger partial charge >= 0.3 is 6.09 Å². The van der Waals surface area contributed by atoms with Crippen molar-refractivity contribution in [3.63, 3.8) is 0 Å². The highest BCUT2D eigenvalue weighted by atomic mass is 16.6. The van der Waals surface area contributed by atoms with E-state index in [9.17, 15) is 9.90 Å². The molecule has 1 heterocycles. The largest absolute Gasteiger partial charge is 0.444 e. The van der Waals surface area contributed by atoms with Crippen LogP contribution in [0, 0.1) is 5.92 Å². The lowest BCUT2D eigenvalue weighted by Gasteiger charge is -2.36. The van der Waals surface area contributed by atoms with E-state index in [4.69, 9.17) is 4.74 Å². The van der Waals surface area contributed by atoms with Crippen molar-refractivity contribution in [1.29, 1.82) is 0 Å². The number of nitrogens with one attached hydrogen (secondary N) is 1. The molecule has 1 aromatic carbocycles. The van der Waals surface area contributed by atoms with Crippen LogP contribution in [0.2, 0.25) is 0 Å². The number of β-amino-alcohol motifs (C(OH)–C–C–N with tert-alkyl or cyclic N) is 1. The Morgan fingerprint density at radius 2 is 2.04 bits per heavy atom. The third-order valence-corrected chi connectivity index (χ3v) is 3.95. The van der Waals surface area contributed by atoms with Crippen LogP contribution in [0.25, 0.3) is 0 Å². The molecule has 5 nitrogen and oxygen atoms in total. The third-order valence-electron chi connectivity index (χ3n) is 3.95. The molecule has 0 spiro atoms. The molecule has 0 radical (unpaired) electrons. The molecule has 0 saturated carbocycles. The number of benzene rings is 1. The molecule has 2 rings (SSSR count). The van der Waals surface area contributed by atoms with E-state index in [2.05, 4.69) is 17.4 Å². The van der Waals surface area contributed by atoms with Gasteiger partial charge in [0, 0.05) is 25.6 Å². The number of aliphatic hydroxyl groups is 1. The number of hydrogen-bond donors (Lipinski definition) is 2. The fourth-order valence-corrected chi connectivity index (χ4v) is 2.71. The standard InChI is InChI=1S/C18H28N2O3/c1-18(2,3)23-17(22)20-10-9-15(16(21)13-20)12-19-11-14-7-5-4-6-8-14/h4-8,15-16,19,21H,9-13H2,1-3H3. The number of carbonyl (C=O) groups is 1. The molecule has 2 atom stereocenters. The SMILES string of the molecule is CC(C)(C)OC(=O)N1CCC(CNCc2ccccc2)C(O)C1. The van der Waals surface area contributed by atoms with Gasteiger partial charge in [-0.25, -0.2) is 4.79 Å². The first kappa shape index (κ1) is 17.8. The summed E-state index contributed by atoms with van der Waals surface area (Å²) in [6.07, 6.45) is -0.0749. The minimum Gasteiger partial charge on any atom is -0.444 e. The van der Waals surface area contributed by atoms with Gasteiger partial charge in [-0.2, -0.15) is 0 Å². The van der Waals surface area contributed by atoms with Crippen molar-refractivity contribution in [3.05, 3.63) is 35.9 Å². The number of hydrogen-bond acceptors (Lipinski definition) is 4. The van der Waals surface area contributed by atoms with Crippen LogP contribution in [0.5, 0.6) is 0 Å². The number of piperidine rings is 1. The summed E-state index contributed by atoms with van der Waals surface area (Å²) in [5.74, 6) is 0.164. The number of ether oxygens (including phenoxy) is 1. The van der Waals surface area contributed by atoms with E-state index in [1.54, 1.807) is 4.90 Å². The minimum atomic E-state index is -0.514. The molecule has 1 amide bonds. The highest BCUT2D eigenvalue weighted by Gasteiger charge is 2.32. The summed E-state index contributed by atoms with van der Waals surface area (Å²) in [6, 6.07) is 10.2. The molecule has 0 aliphatic carbocycles. The van der Waals surface area contributed by atoms with Gasteiger partial charge in [0.15, 0.2) is 0 Å². The summed E-state index contributed by atoms with van der Waals surface area (Å²) in [5, 5.41) is 13.7. The fraction of sp³-hybridized carbons (Fsp3) is 0.611. The summed E-state index contributed by atoms with van der Waals surface area (Å²) in [7, 11) is 0. The fourth-order valence-electron chi connectivity index (χ4n) is 2.71. The van der Waals surface area contributed by atoms with E-state index >= 15 is 0 Å². The average Bonchev–Trinajstić information content (AvgIpc) is 2.48. The number of amides is 1. The van der Waals surface area contributed by atoms with E-state index < -0.39 is 11.7 Å². The Bertz CT molecular complexity index is 499. The van der Waals surface area contributed by atoms with E-state index in [-0.39, 0.29) is 12.0 Å². The molecule has 23 heavy (non-hydrogen) atoms. The Labute approximate surface area is 138 Å². The molecule has 5 heteroatoms. The van der Waals surface area contributed by atoms with Crippen LogP contribution in [0.15, 0.2) is 30.3 Å². The van der Waals surface area contributed by atoms with Crippen LogP contribution in [0.1, 0.15) is 32.8 Å². The van der Waals surface area contributed by atoms with Gasteiger partial charge in [-0.05, 0) is 32.8 Å². The molecule has 1 aliphatic heterocycles. The van der Waals surface area contributed by atoms with Crippen molar-refractivity contribution in [3.8, 4) is 0 Å². The number of likely N-dealkylation sites (tertiary alicyclic amines) is 1. The Morgan fingerprint density at radius 3 is 2.65 bits per heavy atom. The lowest BCUT2D eigenvalue weighted by atomic mass is 9.94. The Morgan fingerprint density at radius 1 is 1.35 bits per heavy atom. The average molecular weight is 320 g/mol. The summed E-state index contributed by atoms with van der Waals surface area (Å²) < 4.78 is 5.36. The van der Waals surface area contributed by atoms with Crippen molar-refractivity contribution in [2.45, 2.75) is 45.4 Å². The van der Waals surface area contributed by atoms with Crippen molar-refractivity contribution in [2.75, 3.05) is 19.6 Å². The second-order valence-electron chi connectivity index (χ2n) is 7.16. The monoisotopic (exact) mass is 320 g/mol. The Kier molecular flexibility index (Phi) is 6.02. The van der Waals surface area contributed by atoms with E-state index in [0.717, 1.165) is 19.5 Å². The van der Waals surface area contributed by atoms with Gasteiger partial charge in [-0.15, -0.1) is 0 Å². The molecule has 2 unspecified atom stereocenters. The molecule has 1 saturated heterocycles. The molecular formula is C18H28N2O3. The summed E-state index contributed by atoms with van der Waals surface area (Å²) in [5.41, 5.74) is 0.726. The first-order chi connectivity index (χ1) is 10.8. The van der Waals surface area contributed by atoms with Crippen molar-refractivity contribution in [2.24, 2.45) is 5.92 Å². The number of nitrogens with zero attached hydrogens (tertiary/aromatic N) is 1. The maximum absolute atomic E-state index is 12.0. The molecule has 1 aromatic rings. The van der Waals surface area contributed by atoms with Gasteiger partial charge in [-0.3, -0.25) is 0 Å². The number of carbonyl (C=O) groups excluding carboxylic acids is 1. The van der Waals surface area contributed by atoms with E-state index in [0.29, 0.717) is 13.1 Å². The number of aliphatic hydroxyl groups excluding tert-OH is 1. The minimum absolute atomic E-state index is 0.164. The zero-order chi connectivity index (χ0) is 16.9. The van der Waals surface area contributed by atoms with Gasteiger partial charge < -0.3 is 20.1 Å². The summed E-state index contributed by atoms with van der Waals surface area (Å²) >= 11 is 0. The molecule has 0 aromatic heterocycles. The van der Waals surface area contributed by atoms with Crippen LogP contribution in [-0.2, 0) is 11.3 Å². The van der Waals surface area contributed by atoms with Crippen molar-refractivity contribution >= 4 is 6.09 Å². The summed E-state index contributed by atoms with van der Waals surface area (Å²) in [4.78, 5) is 13.6. The smallest absolute Gasteiger partial charge is 0.410 e. The maximum Gasteiger partial charge on any atom is 0.410 e. The molecule has 2 N–H and O–H groups in total. The maximum atomic E-state index is 12.0. The first-order valence-electron chi connectivity index (χ1n) is 8.26. The predicted octanol–water partition coefficient (Wildman–Crippen LogP) is 2.39. The van der Waals surface area contributed by atoms with Crippen LogP contribution in [-0.4, -0.2) is 47.4 Å². The van der Waals surface area contributed by atoms with Crippen molar-refractivity contribution < 1.29 is 14.6 Å². The van der Waals surface area contributed by atoms with Gasteiger partial charge in [0.05, 0.1) is 12.6 Å². The lowest BCUT2D eigenvalue weighted by Crippen LogP contribution is -2.50. The highest BCUT2D eigenvalue weighted by molar-refractivity contribution is 5.68. The van der Waals surface area contributed by atoms with Gasteiger partial charge in [0.2, 0.25) is 0 Å². The van der Waals surface area contributed by atoms with Crippen LogP contribution >= 0.6 is 0 Å². The Balaban J connectivity index is 1.74. The predicted molar refractivity (Wildman–Crippen MR) is 90.1 cm³/mol. The highest BCUT2D eigenvalue weighted by Crippen LogP contribution is 2.20. The quantitative estimate of drug-likeness (QED) is 0.894. The molecule has 1 aliphatic rings. The number of rotatable bonds is 4. The molecule has 128 valence electrons.